The highest BCUT2D eigenvalue weighted by Gasteiger charge is 2.07. The van der Waals surface area contributed by atoms with Crippen molar-refractivity contribution in [2.45, 2.75) is 13.8 Å². The van der Waals surface area contributed by atoms with E-state index in [9.17, 15) is 4.79 Å². The molecule has 0 fully saturated rings. The molecule has 1 amide bonds. The van der Waals surface area contributed by atoms with Crippen molar-refractivity contribution in [3.63, 3.8) is 0 Å². The van der Waals surface area contributed by atoms with E-state index in [1.807, 2.05) is 32.0 Å². The number of hydrogen-bond donors (Lipinski definition) is 1. The van der Waals surface area contributed by atoms with Gasteiger partial charge in [0.1, 0.15) is 18.1 Å². The van der Waals surface area contributed by atoms with Gasteiger partial charge < -0.3 is 14.8 Å². The fraction of sp³-hybridized carbons (Fsp3) is 0.278. The number of carbonyl (C=O) groups is 1. The van der Waals surface area contributed by atoms with E-state index in [0.717, 1.165) is 16.9 Å². The lowest BCUT2D eigenvalue weighted by Gasteiger charge is -2.12. The number of hydrogen-bond acceptors (Lipinski definition) is 3. The highest BCUT2D eigenvalue weighted by molar-refractivity contribution is 6.35. The molecule has 0 radical (unpaired) electrons. The molecule has 4 nitrogen and oxygen atoms in total. The molecule has 0 spiro atoms. The first kappa shape index (κ1) is 18.4. The molecule has 2 aromatic carbocycles. The van der Waals surface area contributed by atoms with Crippen molar-refractivity contribution in [1.29, 1.82) is 0 Å². The van der Waals surface area contributed by atoms with Crippen LogP contribution in [0.3, 0.4) is 0 Å². The third-order valence-electron chi connectivity index (χ3n) is 3.33. The molecule has 0 bridgehead atoms. The normalized spacial score (nSPS) is 10.3. The number of benzene rings is 2. The fourth-order valence-electron chi connectivity index (χ4n) is 2.16. The van der Waals surface area contributed by atoms with Crippen molar-refractivity contribution in [1.82, 2.24) is 5.32 Å². The van der Waals surface area contributed by atoms with E-state index in [-0.39, 0.29) is 12.5 Å². The Morgan fingerprint density at radius 1 is 1.08 bits per heavy atom. The molecule has 0 unspecified atom stereocenters. The number of aryl methyl sites for hydroxylation is 2. The van der Waals surface area contributed by atoms with Gasteiger partial charge in [-0.3, -0.25) is 4.79 Å². The first-order chi connectivity index (χ1) is 11.5. The summed E-state index contributed by atoms with van der Waals surface area (Å²) in [5.41, 5.74) is 2.14. The maximum atomic E-state index is 11.8. The molecule has 6 heteroatoms. The number of para-hydroxylation sites is 1. The van der Waals surface area contributed by atoms with Crippen LogP contribution >= 0.6 is 23.2 Å². The predicted molar refractivity (Wildman–Crippen MR) is 96.4 cm³/mol. The zero-order valence-corrected chi connectivity index (χ0v) is 15.1. The second kappa shape index (κ2) is 8.81. The maximum absolute atomic E-state index is 11.8. The van der Waals surface area contributed by atoms with E-state index in [1.165, 1.54) is 0 Å². The third-order valence-corrected chi connectivity index (χ3v) is 3.86. The van der Waals surface area contributed by atoms with E-state index >= 15 is 0 Å². The van der Waals surface area contributed by atoms with E-state index in [4.69, 9.17) is 32.7 Å². The average Bonchev–Trinajstić information content (AvgIpc) is 2.53. The van der Waals surface area contributed by atoms with Crippen LogP contribution in [0.4, 0.5) is 0 Å². The molecule has 2 aromatic rings. The molecule has 2 rings (SSSR count). The molecular weight excluding hydrogens is 349 g/mol. The van der Waals surface area contributed by atoms with Crippen LogP contribution in [0.1, 0.15) is 11.1 Å². The summed E-state index contributed by atoms with van der Waals surface area (Å²) in [7, 11) is 0. The fourth-order valence-corrected chi connectivity index (χ4v) is 2.62. The Bertz CT molecular complexity index is 699. The van der Waals surface area contributed by atoms with E-state index in [1.54, 1.807) is 18.2 Å². The van der Waals surface area contributed by atoms with Crippen molar-refractivity contribution in [3.8, 4) is 11.5 Å². The quantitative estimate of drug-likeness (QED) is 0.746. The minimum Gasteiger partial charge on any atom is -0.491 e. The van der Waals surface area contributed by atoms with Crippen molar-refractivity contribution >= 4 is 29.1 Å². The van der Waals surface area contributed by atoms with Crippen LogP contribution in [-0.2, 0) is 4.79 Å². The summed E-state index contributed by atoms with van der Waals surface area (Å²) < 4.78 is 11.1. The minimum absolute atomic E-state index is 0.120. The summed E-state index contributed by atoms with van der Waals surface area (Å²) in [5.74, 6) is 1.03. The van der Waals surface area contributed by atoms with E-state index < -0.39 is 0 Å². The zero-order chi connectivity index (χ0) is 17.5. The van der Waals surface area contributed by atoms with Gasteiger partial charge in [0.05, 0.1) is 11.6 Å². The SMILES string of the molecule is Cc1cccc(C)c1OCCNC(=O)COc1ccc(Cl)cc1Cl. The Morgan fingerprint density at radius 2 is 1.79 bits per heavy atom. The molecule has 0 atom stereocenters. The van der Waals surface area contributed by atoms with E-state index in [2.05, 4.69) is 5.32 Å². The van der Waals surface area contributed by atoms with Crippen molar-refractivity contribution in [3.05, 3.63) is 57.6 Å². The van der Waals surface area contributed by atoms with Crippen LogP contribution in [0.5, 0.6) is 11.5 Å². The predicted octanol–water partition coefficient (Wildman–Crippen LogP) is 4.18. The molecule has 0 aliphatic carbocycles. The first-order valence-corrected chi connectivity index (χ1v) is 8.26. The number of carbonyl (C=O) groups excluding carboxylic acids is 1. The molecular formula is C18H19Cl2NO3. The molecule has 1 N–H and O–H groups in total. The number of amides is 1. The maximum Gasteiger partial charge on any atom is 0.258 e. The molecule has 0 saturated carbocycles. The standard InChI is InChI=1S/C18H19Cl2NO3/c1-12-4-3-5-13(2)18(12)23-9-8-21-17(22)11-24-16-7-6-14(19)10-15(16)20/h3-7,10H,8-9,11H2,1-2H3,(H,21,22). The van der Waals surface area contributed by atoms with Gasteiger partial charge in [-0.15, -0.1) is 0 Å². The molecule has 24 heavy (non-hydrogen) atoms. The lowest BCUT2D eigenvalue weighted by molar-refractivity contribution is -0.123. The number of ether oxygens (including phenoxy) is 2. The Morgan fingerprint density at radius 3 is 2.46 bits per heavy atom. The number of nitrogens with one attached hydrogen (secondary N) is 1. The topological polar surface area (TPSA) is 47.6 Å². The van der Waals surface area contributed by atoms with Crippen LogP contribution in [0, 0.1) is 13.8 Å². The van der Waals surface area contributed by atoms with Crippen molar-refractivity contribution < 1.29 is 14.3 Å². The van der Waals surface area contributed by atoms with Crippen molar-refractivity contribution in [2.75, 3.05) is 19.8 Å². The molecule has 0 heterocycles. The molecule has 128 valence electrons. The monoisotopic (exact) mass is 367 g/mol. The molecule has 0 aliphatic heterocycles. The van der Waals surface area contributed by atoms with Crippen LogP contribution in [0.25, 0.3) is 0 Å². The summed E-state index contributed by atoms with van der Waals surface area (Å²) in [6.45, 7) is 4.64. The highest BCUT2D eigenvalue weighted by Crippen LogP contribution is 2.27. The van der Waals surface area contributed by atoms with Gasteiger partial charge >= 0.3 is 0 Å². The molecule has 0 aliphatic rings. The lowest BCUT2D eigenvalue weighted by Crippen LogP contribution is -2.32. The van der Waals surface area contributed by atoms with Crippen LogP contribution < -0.4 is 14.8 Å². The smallest absolute Gasteiger partial charge is 0.258 e. The van der Waals surface area contributed by atoms with Crippen LogP contribution in [-0.4, -0.2) is 25.7 Å². The number of rotatable bonds is 7. The Hall–Kier alpha value is -1.91. The molecule has 0 saturated heterocycles. The first-order valence-electron chi connectivity index (χ1n) is 7.51. The number of halogens is 2. The van der Waals surface area contributed by atoms with Gasteiger partial charge in [-0.25, -0.2) is 0 Å². The second-order valence-electron chi connectivity index (χ2n) is 5.28. The second-order valence-corrected chi connectivity index (χ2v) is 6.13. The highest BCUT2D eigenvalue weighted by atomic mass is 35.5. The summed E-state index contributed by atoms with van der Waals surface area (Å²) in [6, 6.07) is 10.8. The lowest BCUT2D eigenvalue weighted by atomic mass is 10.1. The van der Waals surface area contributed by atoms with Gasteiger partial charge in [0.2, 0.25) is 0 Å². The summed E-state index contributed by atoms with van der Waals surface area (Å²) in [6.07, 6.45) is 0. The average molecular weight is 368 g/mol. The van der Waals surface area contributed by atoms with Gasteiger partial charge in [0, 0.05) is 5.02 Å². The Balaban J connectivity index is 1.72. The van der Waals surface area contributed by atoms with Gasteiger partial charge in [-0.1, -0.05) is 41.4 Å². The van der Waals surface area contributed by atoms with Gasteiger partial charge in [-0.2, -0.15) is 0 Å². The Labute approximate surface area is 151 Å². The van der Waals surface area contributed by atoms with Crippen molar-refractivity contribution in [2.24, 2.45) is 0 Å². The van der Waals surface area contributed by atoms with Gasteiger partial charge in [0.15, 0.2) is 6.61 Å². The van der Waals surface area contributed by atoms with Crippen LogP contribution in [0.15, 0.2) is 36.4 Å². The Kier molecular flexibility index (Phi) is 6.76. The zero-order valence-electron chi connectivity index (χ0n) is 13.6. The summed E-state index contributed by atoms with van der Waals surface area (Å²) in [5, 5.41) is 3.62. The molecule has 0 aromatic heterocycles. The minimum atomic E-state index is -0.244. The van der Waals surface area contributed by atoms with Gasteiger partial charge in [0.25, 0.3) is 5.91 Å². The largest absolute Gasteiger partial charge is 0.491 e. The van der Waals surface area contributed by atoms with Crippen LogP contribution in [0.2, 0.25) is 10.0 Å². The van der Waals surface area contributed by atoms with E-state index in [0.29, 0.717) is 28.9 Å². The summed E-state index contributed by atoms with van der Waals surface area (Å²) >= 11 is 11.8. The third kappa shape index (κ3) is 5.32. The van der Waals surface area contributed by atoms with Gasteiger partial charge in [-0.05, 0) is 43.2 Å². The summed E-state index contributed by atoms with van der Waals surface area (Å²) in [4.78, 5) is 11.8.